The zero-order chi connectivity index (χ0) is 14.0. The number of hydrogen-bond donors (Lipinski definition) is 2. The Kier molecular flexibility index (Phi) is 3.45. The third-order valence-electron chi connectivity index (χ3n) is 2.30. The summed E-state index contributed by atoms with van der Waals surface area (Å²) in [6, 6.07) is 3.30. The minimum Gasteiger partial charge on any atom is -0.322 e. The summed E-state index contributed by atoms with van der Waals surface area (Å²) in [5.41, 5.74) is 0.937. The molecule has 1 heterocycles. The van der Waals surface area contributed by atoms with Gasteiger partial charge in [0.25, 0.3) is 0 Å². The molecule has 0 spiro atoms. The molecule has 0 saturated heterocycles. The molecule has 2 rings (SSSR count). The second-order valence-electron chi connectivity index (χ2n) is 3.90. The molecule has 0 radical (unpaired) electrons. The van der Waals surface area contributed by atoms with E-state index >= 15 is 0 Å². The van der Waals surface area contributed by atoms with Gasteiger partial charge in [-0.2, -0.15) is 0 Å². The van der Waals surface area contributed by atoms with Crippen LogP contribution in [0, 0.1) is 12.7 Å². The molecule has 2 aromatic rings. The average Bonchev–Trinajstić information content (AvgIpc) is 2.33. The topological polar surface area (TPSA) is 98.0 Å². The number of nitrogens with two attached hydrogens (primary N) is 1. The number of rotatable bonds is 3. The molecule has 8 heteroatoms. The van der Waals surface area contributed by atoms with E-state index in [1.165, 1.54) is 12.1 Å². The summed E-state index contributed by atoms with van der Waals surface area (Å²) in [5, 5.41) is 7.55. The number of aryl methyl sites for hydroxylation is 1. The second kappa shape index (κ2) is 4.90. The fraction of sp³-hybridized carbons (Fsp3) is 0.0909. The molecule has 1 aromatic carbocycles. The van der Waals surface area contributed by atoms with Gasteiger partial charge in [-0.15, -0.1) is 0 Å². The van der Waals surface area contributed by atoms with E-state index in [0.717, 1.165) is 11.6 Å². The molecule has 0 aliphatic heterocycles. The summed E-state index contributed by atoms with van der Waals surface area (Å²) in [4.78, 5) is 7.62. The predicted octanol–water partition coefficient (Wildman–Crippen LogP) is 1.32. The van der Waals surface area contributed by atoms with Crippen LogP contribution in [0.3, 0.4) is 0 Å². The van der Waals surface area contributed by atoms with Gasteiger partial charge in [-0.25, -0.2) is 27.9 Å². The van der Waals surface area contributed by atoms with Gasteiger partial charge in [0.2, 0.25) is 16.0 Å². The molecule has 0 aliphatic carbocycles. The Morgan fingerprint density at radius 3 is 2.42 bits per heavy atom. The second-order valence-corrected chi connectivity index (χ2v) is 5.46. The maximum absolute atomic E-state index is 13.7. The number of aromatic nitrogens is 2. The van der Waals surface area contributed by atoms with E-state index in [4.69, 9.17) is 5.14 Å². The van der Waals surface area contributed by atoms with Crippen molar-refractivity contribution in [2.45, 2.75) is 11.8 Å². The molecule has 0 amide bonds. The van der Waals surface area contributed by atoms with Crippen LogP contribution in [-0.4, -0.2) is 18.4 Å². The van der Waals surface area contributed by atoms with Gasteiger partial charge in [0, 0.05) is 12.4 Å². The van der Waals surface area contributed by atoms with Crippen molar-refractivity contribution in [3.8, 4) is 0 Å². The quantitative estimate of drug-likeness (QED) is 0.884. The van der Waals surface area contributed by atoms with Gasteiger partial charge in [-0.3, -0.25) is 0 Å². The zero-order valence-corrected chi connectivity index (χ0v) is 10.8. The van der Waals surface area contributed by atoms with E-state index in [9.17, 15) is 12.8 Å². The van der Waals surface area contributed by atoms with Crippen LogP contribution >= 0.6 is 0 Å². The molecular formula is C11H11FN4O2S. The number of benzene rings is 1. The van der Waals surface area contributed by atoms with Crippen LogP contribution in [0.5, 0.6) is 0 Å². The van der Waals surface area contributed by atoms with Crippen molar-refractivity contribution < 1.29 is 12.8 Å². The van der Waals surface area contributed by atoms with Crippen molar-refractivity contribution in [2.75, 3.05) is 5.32 Å². The van der Waals surface area contributed by atoms with Crippen LogP contribution in [0.15, 0.2) is 35.5 Å². The Morgan fingerprint density at radius 1 is 1.26 bits per heavy atom. The number of nitrogens with zero attached hydrogens (tertiary/aromatic N) is 2. The molecule has 0 saturated carbocycles. The van der Waals surface area contributed by atoms with Gasteiger partial charge < -0.3 is 5.32 Å². The zero-order valence-electron chi connectivity index (χ0n) is 9.96. The number of hydrogen-bond acceptors (Lipinski definition) is 5. The molecule has 0 aliphatic rings. The largest absolute Gasteiger partial charge is 0.322 e. The molecule has 19 heavy (non-hydrogen) atoms. The van der Waals surface area contributed by atoms with E-state index < -0.39 is 15.8 Å². The van der Waals surface area contributed by atoms with Crippen LogP contribution < -0.4 is 10.5 Å². The normalized spacial score (nSPS) is 11.3. The van der Waals surface area contributed by atoms with Crippen molar-refractivity contribution in [2.24, 2.45) is 5.14 Å². The molecule has 0 atom stereocenters. The lowest BCUT2D eigenvalue weighted by Crippen LogP contribution is -2.12. The smallest absolute Gasteiger partial charge is 0.238 e. The Morgan fingerprint density at radius 2 is 1.89 bits per heavy atom. The van der Waals surface area contributed by atoms with E-state index in [1.54, 1.807) is 12.4 Å². The Bertz CT molecular complexity index is 701. The third kappa shape index (κ3) is 3.24. The van der Waals surface area contributed by atoms with E-state index in [-0.39, 0.29) is 16.5 Å². The van der Waals surface area contributed by atoms with Crippen LogP contribution in [0.25, 0.3) is 0 Å². The molecule has 0 unspecified atom stereocenters. The SMILES string of the molecule is Cc1cnc(Nc2ccc(S(N)(=O)=O)cc2F)nc1. The van der Waals surface area contributed by atoms with Gasteiger partial charge in [-0.05, 0) is 30.7 Å². The minimum absolute atomic E-state index is 0.0660. The first-order chi connectivity index (χ1) is 8.86. The highest BCUT2D eigenvalue weighted by Crippen LogP contribution is 2.20. The number of primary sulfonamides is 1. The van der Waals surface area contributed by atoms with Crippen molar-refractivity contribution >= 4 is 21.7 Å². The Labute approximate surface area is 109 Å². The van der Waals surface area contributed by atoms with Crippen molar-refractivity contribution in [3.05, 3.63) is 42.0 Å². The Balaban J connectivity index is 2.29. The van der Waals surface area contributed by atoms with Gasteiger partial charge in [0.05, 0.1) is 10.6 Å². The monoisotopic (exact) mass is 282 g/mol. The van der Waals surface area contributed by atoms with Crippen LogP contribution in [0.2, 0.25) is 0 Å². The highest BCUT2D eigenvalue weighted by Gasteiger charge is 2.12. The lowest BCUT2D eigenvalue weighted by atomic mass is 10.3. The van der Waals surface area contributed by atoms with Crippen LogP contribution in [0.1, 0.15) is 5.56 Å². The molecule has 0 bridgehead atoms. The van der Waals surface area contributed by atoms with Crippen LogP contribution in [0.4, 0.5) is 16.0 Å². The summed E-state index contributed by atoms with van der Waals surface area (Å²) < 4.78 is 35.8. The molecule has 6 nitrogen and oxygen atoms in total. The average molecular weight is 282 g/mol. The molecule has 1 aromatic heterocycles. The standard InChI is InChI=1S/C11H11FN4O2S/c1-7-5-14-11(15-6-7)16-10-3-2-8(4-9(10)12)19(13,17)18/h2-6H,1H3,(H2,13,17,18)(H,14,15,16). The molecule has 100 valence electrons. The first-order valence-corrected chi connectivity index (χ1v) is 6.79. The van der Waals surface area contributed by atoms with Gasteiger partial charge >= 0.3 is 0 Å². The van der Waals surface area contributed by atoms with E-state index in [0.29, 0.717) is 0 Å². The maximum atomic E-state index is 13.7. The molecule has 3 N–H and O–H groups in total. The highest BCUT2D eigenvalue weighted by atomic mass is 32.2. The first kappa shape index (κ1) is 13.4. The fourth-order valence-electron chi connectivity index (χ4n) is 1.35. The van der Waals surface area contributed by atoms with Crippen molar-refractivity contribution in [1.29, 1.82) is 0 Å². The summed E-state index contributed by atoms with van der Waals surface area (Å²) in [6.45, 7) is 1.82. The first-order valence-electron chi connectivity index (χ1n) is 5.24. The third-order valence-corrected chi connectivity index (χ3v) is 3.21. The maximum Gasteiger partial charge on any atom is 0.238 e. The summed E-state index contributed by atoms with van der Waals surface area (Å²) in [5.74, 6) is -0.538. The van der Waals surface area contributed by atoms with Gasteiger partial charge in [0.1, 0.15) is 5.82 Å². The minimum atomic E-state index is -3.92. The summed E-state index contributed by atoms with van der Waals surface area (Å²) in [6.07, 6.45) is 3.15. The van der Waals surface area contributed by atoms with Gasteiger partial charge in [-0.1, -0.05) is 0 Å². The number of anilines is 2. The highest BCUT2D eigenvalue weighted by molar-refractivity contribution is 7.89. The summed E-state index contributed by atoms with van der Waals surface area (Å²) in [7, 11) is -3.92. The van der Waals surface area contributed by atoms with Crippen LogP contribution in [-0.2, 0) is 10.0 Å². The Hall–Kier alpha value is -2.06. The lowest BCUT2D eigenvalue weighted by molar-refractivity contribution is 0.593. The lowest BCUT2D eigenvalue weighted by Gasteiger charge is -2.07. The van der Waals surface area contributed by atoms with Crippen molar-refractivity contribution in [3.63, 3.8) is 0 Å². The number of nitrogens with one attached hydrogen (secondary N) is 1. The number of sulfonamides is 1. The molecular weight excluding hydrogens is 271 g/mol. The van der Waals surface area contributed by atoms with E-state index in [1.807, 2.05) is 6.92 Å². The fourth-order valence-corrected chi connectivity index (χ4v) is 1.88. The predicted molar refractivity (Wildman–Crippen MR) is 67.8 cm³/mol. The van der Waals surface area contributed by atoms with Gasteiger partial charge in [0.15, 0.2) is 0 Å². The molecule has 0 fully saturated rings. The summed E-state index contributed by atoms with van der Waals surface area (Å²) >= 11 is 0. The number of halogens is 1. The van der Waals surface area contributed by atoms with Crippen molar-refractivity contribution in [1.82, 2.24) is 9.97 Å². The van der Waals surface area contributed by atoms with E-state index in [2.05, 4.69) is 15.3 Å².